The summed E-state index contributed by atoms with van der Waals surface area (Å²) >= 11 is 18.0. The van der Waals surface area contributed by atoms with E-state index in [2.05, 4.69) is 15.4 Å². The summed E-state index contributed by atoms with van der Waals surface area (Å²) < 4.78 is 8.09. The summed E-state index contributed by atoms with van der Waals surface area (Å²) in [6, 6.07) is 12.4. The lowest BCUT2D eigenvalue weighted by molar-refractivity contribution is -0.122. The first-order valence-corrected chi connectivity index (χ1v) is 11.0. The Morgan fingerprint density at radius 2 is 1.82 bits per heavy atom. The SMILES string of the molecule is Cc1c(-c2nn(CC(=O)NCc3cc(Cl)ccc3Cl)c(=O)o2)ncn1Cc1ccc(Cl)cc1. The van der Waals surface area contributed by atoms with E-state index in [-0.39, 0.29) is 19.0 Å². The number of halogens is 3. The van der Waals surface area contributed by atoms with Gasteiger partial charge in [0.25, 0.3) is 5.89 Å². The van der Waals surface area contributed by atoms with Crippen molar-refractivity contribution in [3.63, 3.8) is 0 Å². The van der Waals surface area contributed by atoms with Gasteiger partial charge in [0.2, 0.25) is 5.91 Å². The number of aromatic nitrogens is 4. The molecule has 170 valence electrons. The van der Waals surface area contributed by atoms with Crippen LogP contribution in [0.2, 0.25) is 15.1 Å². The number of rotatable bonds is 7. The molecule has 2 heterocycles. The number of nitrogens with one attached hydrogen (secondary N) is 1. The van der Waals surface area contributed by atoms with E-state index in [0.717, 1.165) is 15.9 Å². The van der Waals surface area contributed by atoms with Gasteiger partial charge in [-0.3, -0.25) is 4.79 Å². The number of nitrogens with zero attached hydrogens (tertiary/aromatic N) is 4. The Hall–Kier alpha value is -3.07. The molecule has 0 atom stereocenters. The van der Waals surface area contributed by atoms with Crippen molar-refractivity contribution >= 4 is 40.7 Å². The van der Waals surface area contributed by atoms with Gasteiger partial charge in [-0.25, -0.2) is 9.78 Å². The summed E-state index contributed by atoms with van der Waals surface area (Å²) in [5, 5.41) is 8.47. The van der Waals surface area contributed by atoms with Gasteiger partial charge in [-0.05, 0) is 48.4 Å². The van der Waals surface area contributed by atoms with E-state index >= 15 is 0 Å². The van der Waals surface area contributed by atoms with E-state index in [0.29, 0.717) is 32.9 Å². The lowest BCUT2D eigenvalue weighted by atomic mass is 10.2. The minimum absolute atomic E-state index is 0.0399. The van der Waals surface area contributed by atoms with Gasteiger partial charge in [0.1, 0.15) is 12.2 Å². The molecule has 0 saturated carbocycles. The number of hydrogen-bond acceptors (Lipinski definition) is 5. The van der Waals surface area contributed by atoms with Crippen LogP contribution in [0.5, 0.6) is 0 Å². The van der Waals surface area contributed by atoms with Gasteiger partial charge in [0.05, 0.1) is 6.33 Å². The van der Waals surface area contributed by atoms with Crippen LogP contribution in [0.25, 0.3) is 11.6 Å². The number of imidazole rings is 1. The molecule has 0 saturated heterocycles. The number of hydrogen-bond donors (Lipinski definition) is 1. The first kappa shape index (κ1) is 23.1. The fourth-order valence-electron chi connectivity index (χ4n) is 3.17. The van der Waals surface area contributed by atoms with Crippen molar-refractivity contribution in [1.29, 1.82) is 0 Å². The molecule has 0 bridgehead atoms. The van der Waals surface area contributed by atoms with Crippen LogP contribution >= 0.6 is 34.8 Å². The zero-order valence-electron chi connectivity index (χ0n) is 17.4. The monoisotopic (exact) mass is 505 g/mol. The maximum atomic E-state index is 12.3. The van der Waals surface area contributed by atoms with Crippen molar-refractivity contribution in [2.75, 3.05) is 0 Å². The van der Waals surface area contributed by atoms with E-state index in [4.69, 9.17) is 39.2 Å². The van der Waals surface area contributed by atoms with Gasteiger partial charge >= 0.3 is 5.76 Å². The molecule has 1 amide bonds. The molecule has 0 radical (unpaired) electrons. The second-order valence-electron chi connectivity index (χ2n) is 7.28. The van der Waals surface area contributed by atoms with Crippen LogP contribution < -0.4 is 11.1 Å². The van der Waals surface area contributed by atoms with Gasteiger partial charge in [-0.15, -0.1) is 5.10 Å². The molecule has 0 aliphatic rings. The lowest BCUT2D eigenvalue weighted by Crippen LogP contribution is -2.31. The topological polar surface area (TPSA) is 94.9 Å². The van der Waals surface area contributed by atoms with Crippen molar-refractivity contribution < 1.29 is 9.21 Å². The molecule has 33 heavy (non-hydrogen) atoms. The summed E-state index contributed by atoms with van der Waals surface area (Å²) in [5.41, 5.74) is 2.88. The lowest BCUT2D eigenvalue weighted by Gasteiger charge is -2.07. The molecule has 1 N–H and O–H groups in total. The largest absolute Gasteiger partial charge is 0.437 e. The van der Waals surface area contributed by atoms with Gasteiger partial charge in [-0.2, -0.15) is 4.68 Å². The van der Waals surface area contributed by atoms with Crippen molar-refractivity contribution in [3.05, 3.63) is 91.2 Å². The Balaban J connectivity index is 1.44. The highest BCUT2D eigenvalue weighted by molar-refractivity contribution is 6.33. The molecular formula is C22H18Cl3N5O3. The summed E-state index contributed by atoms with van der Waals surface area (Å²) in [5.74, 6) is -1.15. The first-order valence-electron chi connectivity index (χ1n) is 9.85. The van der Waals surface area contributed by atoms with Crippen molar-refractivity contribution in [1.82, 2.24) is 24.6 Å². The van der Waals surface area contributed by atoms with E-state index in [1.54, 1.807) is 24.5 Å². The number of benzene rings is 2. The number of carbonyl (C=O) groups excluding carboxylic acids is 1. The minimum Gasteiger partial charge on any atom is -0.386 e. The van der Waals surface area contributed by atoms with Crippen LogP contribution in [-0.4, -0.2) is 25.2 Å². The zero-order chi connectivity index (χ0) is 23.5. The highest BCUT2D eigenvalue weighted by Gasteiger charge is 2.18. The van der Waals surface area contributed by atoms with E-state index in [1.165, 1.54) is 0 Å². The predicted molar refractivity (Wildman–Crippen MR) is 126 cm³/mol. The maximum absolute atomic E-state index is 12.3. The molecule has 2 aromatic heterocycles. The van der Waals surface area contributed by atoms with Crippen LogP contribution in [0.1, 0.15) is 16.8 Å². The zero-order valence-corrected chi connectivity index (χ0v) is 19.7. The summed E-state index contributed by atoms with van der Waals surface area (Å²) in [6.45, 7) is 2.26. The predicted octanol–water partition coefficient (Wildman–Crippen LogP) is 4.33. The van der Waals surface area contributed by atoms with Crippen LogP contribution in [0, 0.1) is 6.92 Å². The third-order valence-corrected chi connectivity index (χ3v) is 5.81. The third kappa shape index (κ3) is 5.47. The second-order valence-corrected chi connectivity index (χ2v) is 8.56. The Morgan fingerprint density at radius 3 is 2.58 bits per heavy atom. The summed E-state index contributed by atoms with van der Waals surface area (Å²) in [7, 11) is 0. The quantitative estimate of drug-likeness (QED) is 0.402. The molecule has 8 nitrogen and oxygen atoms in total. The first-order chi connectivity index (χ1) is 15.8. The van der Waals surface area contributed by atoms with E-state index in [1.807, 2.05) is 35.8 Å². The average Bonchev–Trinajstić information content (AvgIpc) is 3.32. The van der Waals surface area contributed by atoms with Crippen molar-refractivity contribution in [2.45, 2.75) is 26.6 Å². The van der Waals surface area contributed by atoms with Gasteiger partial charge in [0.15, 0.2) is 0 Å². The number of carbonyl (C=O) groups is 1. The molecule has 11 heteroatoms. The molecule has 0 fully saturated rings. The Morgan fingerprint density at radius 1 is 1.09 bits per heavy atom. The minimum atomic E-state index is -0.757. The number of amides is 1. The standard InChI is InChI=1S/C22H18Cl3N5O3/c1-13-20(27-12-29(13)10-14-2-4-16(23)5-3-14)21-28-30(22(32)33-21)11-19(31)26-9-15-8-17(24)6-7-18(15)25/h2-8,12H,9-11H2,1H3,(H,26,31). The Labute approximate surface area is 203 Å². The summed E-state index contributed by atoms with van der Waals surface area (Å²) in [4.78, 5) is 28.9. The van der Waals surface area contributed by atoms with Crippen molar-refractivity contribution in [3.8, 4) is 11.6 Å². The Bertz CT molecular complexity index is 1360. The van der Waals surface area contributed by atoms with Crippen LogP contribution in [0.3, 0.4) is 0 Å². The molecule has 0 unspecified atom stereocenters. The Kier molecular flexibility index (Phi) is 6.88. The highest BCUT2D eigenvalue weighted by atomic mass is 35.5. The fraction of sp³-hybridized carbons (Fsp3) is 0.182. The maximum Gasteiger partial charge on any atom is 0.437 e. The fourth-order valence-corrected chi connectivity index (χ4v) is 3.67. The van der Waals surface area contributed by atoms with Gasteiger partial charge in [0, 0.05) is 33.9 Å². The highest BCUT2D eigenvalue weighted by Crippen LogP contribution is 2.21. The molecule has 4 aromatic rings. The third-order valence-electron chi connectivity index (χ3n) is 4.95. The molecule has 0 aliphatic carbocycles. The average molecular weight is 507 g/mol. The molecule has 4 rings (SSSR count). The van der Waals surface area contributed by atoms with Crippen LogP contribution in [0.4, 0.5) is 0 Å². The van der Waals surface area contributed by atoms with Gasteiger partial charge < -0.3 is 14.3 Å². The van der Waals surface area contributed by atoms with Crippen LogP contribution in [-0.2, 0) is 24.4 Å². The van der Waals surface area contributed by atoms with Gasteiger partial charge in [-0.1, -0.05) is 46.9 Å². The summed E-state index contributed by atoms with van der Waals surface area (Å²) in [6.07, 6.45) is 1.64. The smallest absolute Gasteiger partial charge is 0.386 e. The van der Waals surface area contributed by atoms with E-state index in [9.17, 15) is 9.59 Å². The van der Waals surface area contributed by atoms with E-state index < -0.39 is 11.7 Å². The second kappa shape index (κ2) is 9.82. The van der Waals surface area contributed by atoms with Crippen molar-refractivity contribution in [2.24, 2.45) is 0 Å². The molecule has 2 aromatic carbocycles. The molecule has 0 spiro atoms. The normalized spacial score (nSPS) is 11.0. The van der Waals surface area contributed by atoms with Crippen LogP contribution in [0.15, 0.2) is 58.0 Å². The molecule has 0 aliphatic heterocycles. The molecular weight excluding hydrogens is 489 g/mol.